The van der Waals surface area contributed by atoms with Gasteiger partial charge in [-0.2, -0.15) is 13.2 Å². The van der Waals surface area contributed by atoms with Crippen LogP contribution >= 0.6 is 0 Å². The van der Waals surface area contributed by atoms with Gasteiger partial charge in [-0.3, -0.25) is 9.59 Å². The van der Waals surface area contributed by atoms with Crippen LogP contribution in [0.5, 0.6) is 0 Å². The molecule has 1 heterocycles. The number of primary amides is 1. The van der Waals surface area contributed by atoms with Crippen LogP contribution in [-0.4, -0.2) is 49.9 Å². The summed E-state index contributed by atoms with van der Waals surface area (Å²) >= 11 is 0. The van der Waals surface area contributed by atoms with Gasteiger partial charge in [0.25, 0.3) is 5.91 Å². The van der Waals surface area contributed by atoms with Crippen molar-refractivity contribution >= 4 is 23.2 Å². The third kappa shape index (κ3) is 4.91. The highest BCUT2D eigenvalue weighted by atomic mass is 19.4. The second kappa shape index (κ2) is 8.35. The molecule has 2 aromatic carbocycles. The summed E-state index contributed by atoms with van der Waals surface area (Å²) in [5.74, 6) is -1.35. The van der Waals surface area contributed by atoms with Crippen LogP contribution in [0.25, 0.3) is 0 Å². The molecule has 0 radical (unpaired) electrons. The third-order valence-corrected chi connectivity index (χ3v) is 5.14. The molecule has 0 bridgehead atoms. The largest absolute Gasteiger partial charge is 0.416 e. The number of hydrogen-bond acceptors (Lipinski definition) is 4. The van der Waals surface area contributed by atoms with Crippen LogP contribution in [0.3, 0.4) is 0 Å². The van der Waals surface area contributed by atoms with Gasteiger partial charge in [0.15, 0.2) is 0 Å². The van der Waals surface area contributed by atoms with Gasteiger partial charge in [-0.05, 0) is 49.9 Å². The van der Waals surface area contributed by atoms with Crippen LogP contribution in [0.4, 0.5) is 24.5 Å². The van der Waals surface area contributed by atoms with Crippen LogP contribution < -0.4 is 16.0 Å². The van der Waals surface area contributed by atoms with Crippen molar-refractivity contribution in [2.75, 3.05) is 43.4 Å². The fourth-order valence-corrected chi connectivity index (χ4v) is 3.32. The summed E-state index contributed by atoms with van der Waals surface area (Å²) in [7, 11) is 1.95. The van der Waals surface area contributed by atoms with Gasteiger partial charge in [0.1, 0.15) is 0 Å². The van der Waals surface area contributed by atoms with Crippen LogP contribution in [-0.2, 0) is 6.18 Å². The second-order valence-corrected chi connectivity index (χ2v) is 7.40. The molecular weight excluding hydrogens is 397 g/mol. The van der Waals surface area contributed by atoms with Crippen molar-refractivity contribution in [3.63, 3.8) is 0 Å². The molecule has 0 unspecified atom stereocenters. The van der Waals surface area contributed by atoms with Crippen molar-refractivity contribution in [1.29, 1.82) is 0 Å². The maximum absolute atomic E-state index is 13.4. The Morgan fingerprint density at radius 1 is 1.03 bits per heavy atom. The molecule has 1 fully saturated rings. The van der Waals surface area contributed by atoms with E-state index in [1.54, 1.807) is 19.1 Å². The zero-order chi connectivity index (χ0) is 22.1. The molecule has 30 heavy (non-hydrogen) atoms. The monoisotopic (exact) mass is 420 g/mol. The zero-order valence-corrected chi connectivity index (χ0v) is 16.7. The van der Waals surface area contributed by atoms with E-state index >= 15 is 0 Å². The summed E-state index contributed by atoms with van der Waals surface area (Å²) in [6, 6.07) is 7.94. The van der Waals surface area contributed by atoms with Crippen molar-refractivity contribution in [1.82, 2.24) is 4.90 Å². The Morgan fingerprint density at radius 2 is 1.70 bits per heavy atom. The van der Waals surface area contributed by atoms with E-state index < -0.39 is 23.6 Å². The Bertz CT molecular complexity index is 967. The Balaban J connectivity index is 1.92. The summed E-state index contributed by atoms with van der Waals surface area (Å²) < 4.78 is 40.3. The topological polar surface area (TPSA) is 78.7 Å². The lowest BCUT2D eigenvalue weighted by Crippen LogP contribution is -2.44. The van der Waals surface area contributed by atoms with E-state index in [9.17, 15) is 22.8 Å². The molecular formula is C21H23F3N4O2. The normalized spacial score (nSPS) is 15.2. The van der Waals surface area contributed by atoms with Gasteiger partial charge in [-0.1, -0.05) is 6.07 Å². The molecule has 3 rings (SSSR count). The molecule has 1 aliphatic rings. The lowest BCUT2D eigenvalue weighted by Gasteiger charge is -2.34. The smallest absolute Gasteiger partial charge is 0.369 e. The number of nitrogens with zero attached hydrogens (tertiary/aromatic N) is 2. The van der Waals surface area contributed by atoms with Crippen molar-refractivity contribution < 1.29 is 22.8 Å². The number of amides is 2. The van der Waals surface area contributed by atoms with Gasteiger partial charge in [-0.25, -0.2) is 0 Å². The number of halogens is 3. The van der Waals surface area contributed by atoms with Gasteiger partial charge in [0, 0.05) is 48.7 Å². The summed E-state index contributed by atoms with van der Waals surface area (Å²) in [5.41, 5.74) is 5.82. The number of aryl methyl sites for hydroxylation is 1. The highest BCUT2D eigenvalue weighted by Crippen LogP contribution is 2.33. The van der Waals surface area contributed by atoms with E-state index in [4.69, 9.17) is 5.73 Å². The average molecular weight is 420 g/mol. The second-order valence-electron chi connectivity index (χ2n) is 7.40. The number of nitrogens with one attached hydrogen (secondary N) is 1. The molecule has 0 aliphatic carbocycles. The minimum atomic E-state index is -4.58. The van der Waals surface area contributed by atoms with Gasteiger partial charge in [-0.15, -0.1) is 0 Å². The quantitative estimate of drug-likeness (QED) is 0.797. The number of rotatable bonds is 4. The number of likely N-dealkylation sites (N-methyl/N-ethyl adjacent to an activating group) is 1. The number of alkyl halides is 3. The number of hydrogen-bond donors (Lipinski definition) is 2. The van der Waals surface area contributed by atoms with E-state index in [2.05, 4.69) is 10.2 Å². The van der Waals surface area contributed by atoms with Crippen LogP contribution in [0, 0.1) is 6.92 Å². The predicted octanol–water partition coefficient (Wildman–Crippen LogP) is 3.12. The average Bonchev–Trinajstić information content (AvgIpc) is 2.68. The Kier molecular flexibility index (Phi) is 6.02. The molecule has 1 saturated heterocycles. The van der Waals surface area contributed by atoms with E-state index in [0.717, 1.165) is 25.2 Å². The Morgan fingerprint density at radius 3 is 2.30 bits per heavy atom. The van der Waals surface area contributed by atoms with Crippen LogP contribution in [0.2, 0.25) is 0 Å². The molecule has 1 aliphatic heterocycles. The predicted molar refractivity (Wildman–Crippen MR) is 109 cm³/mol. The van der Waals surface area contributed by atoms with E-state index in [1.165, 1.54) is 12.1 Å². The standard InChI is InChI=1S/C21H23F3N4O2/c1-13-3-4-16(12-18(13)19(25)29)26-20(30)14-9-15(21(22,23)24)11-17(10-14)28-7-5-27(2)6-8-28/h3-4,9-12H,5-8H2,1-2H3,(H2,25,29)(H,26,30). The summed E-state index contributed by atoms with van der Waals surface area (Å²) in [5, 5.41) is 2.56. The van der Waals surface area contributed by atoms with Crippen LogP contribution in [0.15, 0.2) is 36.4 Å². The number of benzene rings is 2. The highest BCUT2D eigenvalue weighted by Gasteiger charge is 2.32. The molecule has 0 atom stereocenters. The molecule has 160 valence electrons. The minimum Gasteiger partial charge on any atom is -0.369 e. The zero-order valence-electron chi connectivity index (χ0n) is 16.7. The lowest BCUT2D eigenvalue weighted by molar-refractivity contribution is -0.137. The van der Waals surface area contributed by atoms with Gasteiger partial charge in [0.05, 0.1) is 5.56 Å². The fourth-order valence-electron chi connectivity index (χ4n) is 3.32. The molecule has 3 N–H and O–H groups in total. The first kappa shape index (κ1) is 21.6. The van der Waals surface area contributed by atoms with E-state index in [1.807, 2.05) is 11.9 Å². The van der Waals surface area contributed by atoms with Crippen molar-refractivity contribution in [2.24, 2.45) is 5.73 Å². The number of piperazine rings is 1. The first-order valence-electron chi connectivity index (χ1n) is 9.42. The SMILES string of the molecule is Cc1ccc(NC(=O)c2cc(N3CCN(C)CC3)cc(C(F)(F)F)c2)cc1C(N)=O. The highest BCUT2D eigenvalue weighted by molar-refractivity contribution is 6.06. The number of nitrogens with two attached hydrogens (primary N) is 1. The molecule has 0 saturated carbocycles. The molecule has 0 spiro atoms. The van der Waals surface area contributed by atoms with Crippen molar-refractivity contribution in [3.05, 3.63) is 58.7 Å². The third-order valence-electron chi connectivity index (χ3n) is 5.14. The maximum Gasteiger partial charge on any atom is 0.416 e. The lowest BCUT2D eigenvalue weighted by atomic mass is 10.1. The van der Waals surface area contributed by atoms with Gasteiger partial charge in [0.2, 0.25) is 5.91 Å². The van der Waals surface area contributed by atoms with Crippen molar-refractivity contribution in [3.8, 4) is 0 Å². The number of carbonyl (C=O) groups is 2. The number of carbonyl (C=O) groups excluding carboxylic acids is 2. The fraction of sp³-hybridized carbons (Fsp3) is 0.333. The molecule has 0 aromatic heterocycles. The minimum absolute atomic E-state index is 0.111. The number of anilines is 2. The van der Waals surface area contributed by atoms with Gasteiger partial charge >= 0.3 is 6.18 Å². The molecule has 9 heteroatoms. The van der Waals surface area contributed by atoms with Crippen LogP contribution in [0.1, 0.15) is 31.8 Å². The summed E-state index contributed by atoms with van der Waals surface area (Å²) in [6.07, 6.45) is -4.58. The Hall–Kier alpha value is -3.07. The molecule has 6 nitrogen and oxygen atoms in total. The maximum atomic E-state index is 13.4. The van der Waals surface area contributed by atoms with E-state index in [-0.39, 0.29) is 16.8 Å². The van der Waals surface area contributed by atoms with E-state index in [0.29, 0.717) is 24.3 Å². The Labute approximate surface area is 172 Å². The first-order valence-corrected chi connectivity index (χ1v) is 9.42. The summed E-state index contributed by atoms with van der Waals surface area (Å²) in [4.78, 5) is 28.2. The first-order chi connectivity index (χ1) is 14.0. The summed E-state index contributed by atoms with van der Waals surface area (Å²) in [6.45, 7) is 4.27. The molecule has 2 aromatic rings. The molecule has 2 amide bonds. The van der Waals surface area contributed by atoms with Gasteiger partial charge < -0.3 is 20.9 Å². The van der Waals surface area contributed by atoms with Crippen molar-refractivity contribution in [2.45, 2.75) is 13.1 Å².